The van der Waals surface area contributed by atoms with E-state index in [2.05, 4.69) is 4.98 Å². The maximum absolute atomic E-state index is 5.71. The largest absolute Gasteiger partial charge is 0.478 e. The van der Waals surface area contributed by atoms with Crippen molar-refractivity contribution in [1.29, 1.82) is 0 Å². The van der Waals surface area contributed by atoms with E-state index in [9.17, 15) is 0 Å². The van der Waals surface area contributed by atoms with Gasteiger partial charge in [0.1, 0.15) is 0 Å². The molecule has 0 fully saturated rings. The van der Waals surface area contributed by atoms with Crippen LogP contribution < -0.4 is 4.74 Å². The standard InChI is InChI=1S/C8H8Cl3NO/c1-2-13-7-6(8(9,10)11)4-3-5-12-7/h3-5H,2H2,1H3. The molecule has 0 N–H and O–H groups in total. The van der Waals surface area contributed by atoms with E-state index in [1.807, 2.05) is 6.92 Å². The topological polar surface area (TPSA) is 22.1 Å². The summed E-state index contributed by atoms with van der Waals surface area (Å²) in [6, 6.07) is 3.37. The lowest BCUT2D eigenvalue weighted by Gasteiger charge is -2.14. The Morgan fingerprint density at radius 2 is 2.15 bits per heavy atom. The smallest absolute Gasteiger partial charge is 0.221 e. The summed E-state index contributed by atoms with van der Waals surface area (Å²) in [4.78, 5) is 3.96. The quantitative estimate of drug-likeness (QED) is 0.740. The van der Waals surface area contributed by atoms with Crippen molar-refractivity contribution >= 4 is 34.8 Å². The monoisotopic (exact) mass is 239 g/mol. The van der Waals surface area contributed by atoms with Crippen molar-refractivity contribution in [2.45, 2.75) is 10.7 Å². The first-order chi connectivity index (χ1) is 6.05. The van der Waals surface area contributed by atoms with Crippen LogP contribution in [0, 0.1) is 0 Å². The van der Waals surface area contributed by atoms with Crippen LogP contribution in [0.3, 0.4) is 0 Å². The Balaban J connectivity index is 3.05. The van der Waals surface area contributed by atoms with Crippen LogP contribution in [0.1, 0.15) is 12.5 Å². The Morgan fingerprint density at radius 3 is 2.69 bits per heavy atom. The van der Waals surface area contributed by atoms with Crippen LogP contribution in [0.4, 0.5) is 0 Å². The lowest BCUT2D eigenvalue weighted by molar-refractivity contribution is 0.323. The van der Waals surface area contributed by atoms with Gasteiger partial charge in [-0.3, -0.25) is 0 Å². The normalized spacial score (nSPS) is 11.4. The number of halogens is 3. The number of pyridine rings is 1. The highest BCUT2D eigenvalue weighted by Gasteiger charge is 2.27. The summed E-state index contributed by atoms with van der Waals surface area (Å²) in [5.41, 5.74) is 0.460. The maximum atomic E-state index is 5.71. The van der Waals surface area contributed by atoms with Crippen LogP contribution >= 0.6 is 34.8 Å². The van der Waals surface area contributed by atoms with Gasteiger partial charge >= 0.3 is 0 Å². The Kier molecular flexibility index (Phi) is 3.65. The number of hydrogen-bond donors (Lipinski definition) is 0. The van der Waals surface area contributed by atoms with Crippen LogP contribution in [0.5, 0.6) is 5.88 Å². The number of alkyl halides is 3. The second kappa shape index (κ2) is 4.36. The second-order valence-corrected chi connectivity index (χ2v) is 4.57. The first-order valence-electron chi connectivity index (χ1n) is 3.70. The van der Waals surface area contributed by atoms with Gasteiger partial charge in [-0.05, 0) is 19.1 Å². The van der Waals surface area contributed by atoms with E-state index in [1.54, 1.807) is 18.3 Å². The third-order valence-corrected chi connectivity index (χ3v) is 1.97. The van der Waals surface area contributed by atoms with E-state index in [0.717, 1.165) is 0 Å². The van der Waals surface area contributed by atoms with E-state index < -0.39 is 3.79 Å². The van der Waals surface area contributed by atoms with E-state index >= 15 is 0 Å². The van der Waals surface area contributed by atoms with Crippen LogP contribution in [0.15, 0.2) is 18.3 Å². The average molecular weight is 241 g/mol. The zero-order chi connectivity index (χ0) is 9.90. The first-order valence-corrected chi connectivity index (χ1v) is 4.84. The van der Waals surface area contributed by atoms with E-state index in [4.69, 9.17) is 39.5 Å². The lowest BCUT2D eigenvalue weighted by Crippen LogP contribution is -2.06. The third-order valence-electron chi connectivity index (χ3n) is 1.36. The van der Waals surface area contributed by atoms with Crippen molar-refractivity contribution in [2.75, 3.05) is 6.61 Å². The van der Waals surface area contributed by atoms with Gasteiger partial charge in [-0.25, -0.2) is 4.98 Å². The van der Waals surface area contributed by atoms with Gasteiger partial charge < -0.3 is 4.74 Å². The van der Waals surface area contributed by atoms with E-state index in [0.29, 0.717) is 18.1 Å². The Labute approximate surface area is 91.8 Å². The highest BCUT2D eigenvalue weighted by molar-refractivity contribution is 6.66. The summed E-state index contributed by atoms with van der Waals surface area (Å²) in [7, 11) is 0. The van der Waals surface area contributed by atoms with Gasteiger partial charge in [0.25, 0.3) is 0 Å². The minimum Gasteiger partial charge on any atom is -0.478 e. The maximum Gasteiger partial charge on any atom is 0.221 e. The van der Waals surface area contributed by atoms with Crippen molar-refractivity contribution in [3.8, 4) is 5.88 Å². The second-order valence-electron chi connectivity index (χ2n) is 2.29. The Morgan fingerprint density at radius 1 is 1.46 bits per heavy atom. The summed E-state index contributed by atoms with van der Waals surface area (Å²) >= 11 is 17.1. The number of aromatic nitrogens is 1. The summed E-state index contributed by atoms with van der Waals surface area (Å²) < 4.78 is 3.71. The zero-order valence-electron chi connectivity index (χ0n) is 6.93. The molecule has 0 saturated heterocycles. The molecule has 1 aromatic rings. The summed E-state index contributed by atoms with van der Waals surface area (Å²) in [6.45, 7) is 2.33. The van der Waals surface area contributed by atoms with Crippen LogP contribution in [-0.4, -0.2) is 11.6 Å². The molecule has 0 amide bonds. The molecule has 0 aliphatic heterocycles. The molecule has 5 heteroatoms. The molecule has 72 valence electrons. The average Bonchev–Trinajstić information content (AvgIpc) is 2.04. The molecule has 1 aromatic heterocycles. The predicted octanol–water partition coefficient (Wildman–Crippen LogP) is 3.31. The van der Waals surface area contributed by atoms with Gasteiger partial charge in [-0.2, -0.15) is 0 Å². The van der Waals surface area contributed by atoms with Crippen molar-refractivity contribution in [3.63, 3.8) is 0 Å². The summed E-state index contributed by atoms with van der Waals surface area (Å²) in [6.07, 6.45) is 1.59. The van der Waals surface area contributed by atoms with Crippen molar-refractivity contribution in [1.82, 2.24) is 4.98 Å². The first kappa shape index (κ1) is 10.9. The molecule has 0 aliphatic carbocycles. The third kappa shape index (κ3) is 2.90. The molecule has 0 radical (unpaired) electrons. The molecule has 13 heavy (non-hydrogen) atoms. The van der Waals surface area contributed by atoms with Crippen LogP contribution in [-0.2, 0) is 3.79 Å². The van der Waals surface area contributed by atoms with Crippen molar-refractivity contribution < 1.29 is 4.74 Å². The fourth-order valence-electron chi connectivity index (χ4n) is 0.858. The molecule has 0 bridgehead atoms. The molecule has 0 saturated carbocycles. The lowest BCUT2D eigenvalue weighted by atomic mass is 10.3. The van der Waals surface area contributed by atoms with Crippen molar-refractivity contribution in [2.24, 2.45) is 0 Å². The molecule has 2 nitrogen and oxygen atoms in total. The van der Waals surface area contributed by atoms with Gasteiger partial charge in [0.05, 0.1) is 12.2 Å². The highest BCUT2D eigenvalue weighted by atomic mass is 35.6. The summed E-state index contributed by atoms with van der Waals surface area (Å²) in [5.74, 6) is 0.366. The fraction of sp³-hybridized carbons (Fsp3) is 0.375. The van der Waals surface area contributed by atoms with Crippen LogP contribution in [0.2, 0.25) is 0 Å². The van der Waals surface area contributed by atoms with Gasteiger partial charge in [0, 0.05) is 6.20 Å². The summed E-state index contributed by atoms with van der Waals surface area (Å²) in [5, 5.41) is 0. The molecule has 1 heterocycles. The molecular formula is C8H8Cl3NO. The van der Waals surface area contributed by atoms with Crippen molar-refractivity contribution in [3.05, 3.63) is 23.9 Å². The number of nitrogens with zero attached hydrogens (tertiary/aromatic N) is 1. The molecule has 0 spiro atoms. The van der Waals surface area contributed by atoms with Gasteiger partial charge in [0.2, 0.25) is 9.67 Å². The van der Waals surface area contributed by atoms with Crippen LogP contribution in [0.25, 0.3) is 0 Å². The molecule has 0 unspecified atom stereocenters. The molecule has 0 atom stereocenters. The van der Waals surface area contributed by atoms with Gasteiger partial charge in [-0.15, -0.1) is 0 Å². The zero-order valence-corrected chi connectivity index (χ0v) is 9.20. The number of ether oxygens (including phenoxy) is 1. The molecule has 0 aromatic carbocycles. The van der Waals surface area contributed by atoms with E-state index in [1.165, 1.54) is 0 Å². The highest BCUT2D eigenvalue weighted by Crippen LogP contribution is 2.41. The number of rotatable bonds is 2. The molecule has 0 aliphatic rings. The molecular weight excluding hydrogens is 232 g/mol. The Bertz CT molecular complexity index is 285. The molecule has 1 rings (SSSR count). The fourth-order valence-corrected chi connectivity index (χ4v) is 1.29. The minimum atomic E-state index is -1.49. The predicted molar refractivity (Wildman–Crippen MR) is 54.6 cm³/mol. The minimum absolute atomic E-state index is 0.366. The van der Waals surface area contributed by atoms with Gasteiger partial charge in [-0.1, -0.05) is 34.8 Å². The number of hydrogen-bond acceptors (Lipinski definition) is 2. The van der Waals surface area contributed by atoms with E-state index in [-0.39, 0.29) is 0 Å². The van der Waals surface area contributed by atoms with Gasteiger partial charge in [0.15, 0.2) is 0 Å². The Hall–Kier alpha value is -0.180. The SMILES string of the molecule is CCOc1ncccc1C(Cl)(Cl)Cl.